The predicted molar refractivity (Wildman–Crippen MR) is 93.2 cm³/mol. The monoisotopic (exact) mass is 368 g/mol. The van der Waals surface area contributed by atoms with Gasteiger partial charge in [0.1, 0.15) is 21.9 Å². The zero-order chi connectivity index (χ0) is 18.9. The smallest absolute Gasteiger partial charge is 0.348 e. The van der Waals surface area contributed by atoms with E-state index in [1.54, 1.807) is 34.6 Å². The molecule has 0 aromatic carbocycles. The Morgan fingerprint density at radius 1 is 1.24 bits per heavy atom. The molecule has 0 fully saturated rings. The van der Waals surface area contributed by atoms with Crippen LogP contribution in [0.2, 0.25) is 0 Å². The minimum Gasteiger partial charge on any atom is -0.462 e. The van der Waals surface area contributed by atoms with Gasteiger partial charge in [-0.1, -0.05) is 0 Å². The number of nitrogens with zero attached hydrogens (tertiary/aromatic N) is 1. The molecular weight excluding hydrogens is 348 g/mol. The Morgan fingerprint density at radius 3 is 2.44 bits per heavy atom. The zero-order valence-electron chi connectivity index (χ0n) is 14.7. The zero-order valence-corrected chi connectivity index (χ0v) is 15.5. The van der Waals surface area contributed by atoms with Gasteiger partial charge in [-0.2, -0.15) is 0 Å². The Kier molecular flexibility index (Phi) is 5.17. The van der Waals surface area contributed by atoms with Gasteiger partial charge < -0.3 is 9.47 Å². The molecule has 0 saturated heterocycles. The van der Waals surface area contributed by atoms with E-state index in [9.17, 15) is 19.2 Å². The number of nitrogens with one attached hydrogen (secondary N) is 1. The summed E-state index contributed by atoms with van der Waals surface area (Å²) in [6.07, 6.45) is 0. The summed E-state index contributed by atoms with van der Waals surface area (Å²) in [5.41, 5.74) is -1.70. The topological polar surface area (TPSA) is 107 Å². The number of hydrogen-bond acceptors (Lipinski definition) is 7. The molecule has 0 aliphatic heterocycles. The summed E-state index contributed by atoms with van der Waals surface area (Å²) in [6, 6.07) is 0. The molecule has 8 nitrogen and oxygen atoms in total. The van der Waals surface area contributed by atoms with Crippen molar-refractivity contribution in [3.8, 4) is 0 Å². The van der Waals surface area contributed by atoms with Gasteiger partial charge >= 0.3 is 17.6 Å². The molecule has 0 aliphatic carbocycles. The van der Waals surface area contributed by atoms with E-state index >= 15 is 0 Å². The highest BCUT2D eigenvalue weighted by molar-refractivity contribution is 7.20. The molecule has 2 aromatic heterocycles. The Labute approximate surface area is 147 Å². The summed E-state index contributed by atoms with van der Waals surface area (Å²) >= 11 is 0.978. The summed E-state index contributed by atoms with van der Waals surface area (Å²) in [7, 11) is 0. The average Bonchev–Trinajstić information content (AvgIpc) is 2.78. The fourth-order valence-electron chi connectivity index (χ4n) is 2.29. The number of fused-ring (bicyclic) bond motifs is 1. The van der Waals surface area contributed by atoms with E-state index in [1.165, 1.54) is 0 Å². The summed E-state index contributed by atoms with van der Waals surface area (Å²) in [4.78, 5) is 51.8. The van der Waals surface area contributed by atoms with Crippen molar-refractivity contribution in [2.45, 2.75) is 46.8 Å². The summed E-state index contributed by atoms with van der Waals surface area (Å²) in [5, 5.41) is 0.191. The van der Waals surface area contributed by atoms with Crippen LogP contribution in [-0.4, -0.2) is 33.7 Å². The molecule has 0 atom stereocenters. The number of hydrogen-bond donors (Lipinski definition) is 1. The van der Waals surface area contributed by atoms with Crippen molar-refractivity contribution in [3.05, 3.63) is 31.3 Å². The number of aromatic nitrogens is 2. The lowest BCUT2D eigenvalue weighted by Crippen LogP contribution is -2.39. The third-order valence-electron chi connectivity index (χ3n) is 3.24. The van der Waals surface area contributed by atoms with Crippen LogP contribution in [0.15, 0.2) is 9.59 Å². The maximum Gasteiger partial charge on any atom is 0.348 e. The Bertz CT molecular complexity index is 944. The SMILES string of the molecule is CCOC(=O)c1sc2[nH]c(=O)n(CC(=O)OC(C)(C)C)c(=O)c2c1C. The van der Waals surface area contributed by atoms with Gasteiger partial charge in [0.25, 0.3) is 5.56 Å². The van der Waals surface area contributed by atoms with Crippen LogP contribution in [0.3, 0.4) is 0 Å². The van der Waals surface area contributed by atoms with Crippen LogP contribution in [0, 0.1) is 6.92 Å². The molecule has 0 amide bonds. The summed E-state index contributed by atoms with van der Waals surface area (Å²) in [5.74, 6) is -1.25. The van der Waals surface area contributed by atoms with Gasteiger partial charge in [-0.05, 0) is 40.2 Å². The Morgan fingerprint density at radius 2 is 1.88 bits per heavy atom. The maximum absolute atomic E-state index is 12.7. The Hall–Kier alpha value is -2.42. The van der Waals surface area contributed by atoms with E-state index in [2.05, 4.69) is 4.98 Å². The van der Waals surface area contributed by atoms with Crippen molar-refractivity contribution in [3.63, 3.8) is 0 Å². The molecule has 25 heavy (non-hydrogen) atoms. The van der Waals surface area contributed by atoms with Crippen LogP contribution in [0.4, 0.5) is 0 Å². The number of ether oxygens (including phenoxy) is 2. The van der Waals surface area contributed by atoms with Crippen molar-refractivity contribution in [2.24, 2.45) is 0 Å². The van der Waals surface area contributed by atoms with Crippen LogP contribution < -0.4 is 11.2 Å². The van der Waals surface area contributed by atoms with Crippen molar-refractivity contribution in [1.82, 2.24) is 9.55 Å². The minimum absolute atomic E-state index is 0.191. The van der Waals surface area contributed by atoms with E-state index in [0.717, 1.165) is 15.9 Å². The van der Waals surface area contributed by atoms with Gasteiger partial charge in [0.05, 0.1) is 12.0 Å². The van der Waals surface area contributed by atoms with Gasteiger partial charge in [0, 0.05) is 0 Å². The lowest BCUT2D eigenvalue weighted by Gasteiger charge is -2.19. The van der Waals surface area contributed by atoms with E-state index in [-0.39, 0.29) is 21.7 Å². The molecule has 0 unspecified atom stereocenters. The first-order valence-electron chi connectivity index (χ1n) is 7.70. The molecule has 2 rings (SSSR count). The number of rotatable bonds is 4. The quantitative estimate of drug-likeness (QED) is 0.821. The van der Waals surface area contributed by atoms with Gasteiger partial charge in [-0.25, -0.2) is 14.2 Å². The highest BCUT2D eigenvalue weighted by Gasteiger charge is 2.23. The number of carbonyl (C=O) groups excluding carboxylic acids is 2. The molecule has 0 radical (unpaired) electrons. The first-order chi connectivity index (χ1) is 11.5. The molecule has 0 spiro atoms. The fourth-order valence-corrected chi connectivity index (χ4v) is 3.37. The van der Waals surface area contributed by atoms with Crippen molar-refractivity contribution in [1.29, 1.82) is 0 Å². The van der Waals surface area contributed by atoms with Crippen LogP contribution in [0.1, 0.15) is 42.9 Å². The largest absolute Gasteiger partial charge is 0.462 e. The second-order valence-electron chi connectivity index (χ2n) is 6.39. The molecule has 9 heteroatoms. The lowest BCUT2D eigenvalue weighted by atomic mass is 10.2. The molecule has 0 aliphatic rings. The second-order valence-corrected chi connectivity index (χ2v) is 7.41. The minimum atomic E-state index is -0.736. The Balaban J connectivity index is 2.52. The highest BCUT2D eigenvalue weighted by Crippen LogP contribution is 2.26. The maximum atomic E-state index is 12.7. The second kappa shape index (κ2) is 6.83. The number of esters is 2. The average molecular weight is 368 g/mol. The number of carbonyl (C=O) groups is 2. The van der Waals surface area contributed by atoms with Crippen molar-refractivity contribution < 1.29 is 19.1 Å². The van der Waals surface area contributed by atoms with Gasteiger partial charge in [-0.3, -0.25) is 14.6 Å². The summed E-state index contributed by atoms with van der Waals surface area (Å²) in [6.45, 7) is 8.04. The van der Waals surface area contributed by atoms with E-state index in [0.29, 0.717) is 5.56 Å². The predicted octanol–water partition coefficient (Wildman–Crippen LogP) is 1.58. The summed E-state index contributed by atoms with van der Waals surface area (Å²) < 4.78 is 10.9. The van der Waals surface area contributed by atoms with Gasteiger partial charge in [0.2, 0.25) is 0 Å². The molecule has 0 saturated carbocycles. The molecule has 1 N–H and O–H groups in total. The van der Waals surface area contributed by atoms with E-state index in [4.69, 9.17) is 9.47 Å². The standard InChI is InChI=1S/C16H20N2O6S/c1-6-23-14(21)11-8(2)10-12(25-11)17-15(22)18(13(10)20)7-9(19)24-16(3,4)5/h6-7H2,1-5H3,(H,17,22). The van der Waals surface area contributed by atoms with Crippen LogP contribution in [0.25, 0.3) is 10.2 Å². The molecule has 2 aromatic rings. The third kappa shape index (κ3) is 3.98. The van der Waals surface area contributed by atoms with Gasteiger partial charge in [-0.15, -0.1) is 11.3 Å². The molecule has 2 heterocycles. The molecular formula is C16H20N2O6S. The number of thiophene rings is 1. The fraction of sp³-hybridized carbons (Fsp3) is 0.500. The highest BCUT2D eigenvalue weighted by atomic mass is 32.1. The van der Waals surface area contributed by atoms with Crippen LogP contribution in [0.5, 0.6) is 0 Å². The number of H-pyrrole nitrogens is 1. The van der Waals surface area contributed by atoms with E-state index < -0.39 is 35.3 Å². The van der Waals surface area contributed by atoms with Gasteiger partial charge in [0.15, 0.2) is 0 Å². The first kappa shape index (κ1) is 18.9. The third-order valence-corrected chi connectivity index (χ3v) is 4.43. The van der Waals surface area contributed by atoms with Crippen LogP contribution in [-0.2, 0) is 20.8 Å². The van der Waals surface area contributed by atoms with E-state index in [1.807, 2.05) is 0 Å². The lowest BCUT2D eigenvalue weighted by molar-refractivity contribution is -0.155. The normalized spacial score (nSPS) is 11.6. The first-order valence-corrected chi connectivity index (χ1v) is 8.52. The molecule has 0 bridgehead atoms. The van der Waals surface area contributed by atoms with Crippen molar-refractivity contribution in [2.75, 3.05) is 6.61 Å². The van der Waals surface area contributed by atoms with Crippen molar-refractivity contribution >= 4 is 33.5 Å². The number of aromatic amines is 1. The number of aryl methyl sites for hydroxylation is 1. The molecule has 136 valence electrons. The van der Waals surface area contributed by atoms with Crippen LogP contribution >= 0.6 is 11.3 Å².